The van der Waals surface area contributed by atoms with Gasteiger partial charge in [-0.15, -0.1) is 12.4 Å². The van der Waals surface area contributed by atoms with Crippen molar-refractivity contribution >= 4 is 156 Å². The van der Waals surface area contributed by atoms with Gasteiger partial charge in [0.25, 0.3) is 11.8 Å². The number of fused-ring (bicyclic) bond motifs is 3. The second kappa shape index (κ2) is 45.7. The van der Waals surface area contributed by atoms with Crippen molar-refractivity contribution < 1.29 is 93.1 Å². The molecule has 672 valence electrons. The summed E-state index contributed by atoms with van der Waals surface area (Å²) in [7, 11) is 0. The molecule has 5 heterocycles. The summed E-state index contributed by atoms with van der Waals surface area (Å²) < 4.78 is 98.9. The van der Waals surface area contributed by atoms with Crippen molar-refractivity contribution in [3.05, 3.63) is 210 Å². The van der Waals surface area contributed by atoms with E-state index in [9.17, 15) is 83.5 Å². The van der Waals surface area contributed by atoms with E-state index in [1.165, 1.54) is 88.8 Å². The molecule has 0 atom stereocenters. The lowest BCUT2D eigenvalue weighted by Crippen LogP contribution is -2.47. The molecule has 0 radical (unpaired) electrons. The highest BCUT2D eigenvalue weighted by Crippen LogP contribution is 2.35. The fourth-order valence-corrected chi connectivity index (χ4v) is 14.4. The Hall–Kier alpha value is -12.0. The van der Waals surface area contributed by atoms with Crippen LogP contribution in [0.2, 0.25) is 15.1 Å². The van der Waals surface area contributed by atoms with Gasteiger partial charge in [0.05, 0.1) is 53.3 Å². The number of piperidine rings is 2. The number of nitrogens with zero attached hydrogens (tertiary/aromatic N) is 11. The van der Waals surface area contributed by atoms with Crippen LogP contribution in [-0.4, -0.2) is 185 Å². The van der Waals surface area contributed by atoms with E-state index in [1.807, 2.05) is 12.1 Å². The lowest BCUT2D eigenvalue weighted by molar-refractivity contribution is -0.192. The van der Waals surface area contributed by atoms with Gasteiger partial charge in [0, 0.05) is 148 Å². The van der Waals surface area contributed by atoms with Crippen LogP contribution in [0.3, 0.4) is 0 Å². The predicted molar refractivity (Wildman–Crippen MR) is 459 cm³/mol. The summed E-state index contributed by atoms with van der Waals surface area (Å²) in [5.41, 5.74) is 12.4. The number of aromatic nitrogens is 4. The molecule has 2 saturated heterocycles. The third-order valence-corrected chi connectivity index (χ3v) is 21.3. The summed E-state index contributed by atoms with van der Waals surface area (Å²) in [6.45, 7) is 3.26. The molecule has 6 aromatic carbocycles. The van der Waals surface area contributed by atoms with E-state index >= 15 is 0 Å². The third-order valence-electron chi connectivity index (χ3n) is 20.4. The lowest BCUT2D eigenvalue weighted by atomic mass is 10.1. The summed E-state index contributed by atoms with van der Waals surface area (Å²) in [6, 6.07) is 29.2. The first-order valence-corrected chi connectivity index (χ1v) is 40.0. The van der Waals surface area contributed by atoms with Crippen LogP contribution in [0.15, 0.2) is 133 Å². The third kappa shape index (κ3) is 27.5. The second-order valence-electron chi connectivity index (χ2n) is 29.8. The zero-order chi connectivity index (χ0) is 89.1. The molecule has 0 spiro atoms. The molecule has 3 aromatic heterocycles. The van der Waals surface area contributed by atoms with Crippen LogP contribution in [0.1, 0.15) is 158 Å². The number of hydrogen-bond acceptors (Lipinski definition) is 15. The topological polar surface area (TPSA) is 371 Å². The van der Waals surface area contributed by atoms with Gasteiger partial charge in [-0.1, -0.05) is 104 Å². The smallest absolute Gasteiger partial charge is 0.350 e. The molecule has 9 aromatic rings. The SMILES string of the molecule is C.C.CC(=O)c1cn(CC(=O)N(CC(=O)NCc2cccc(Cl)c2F)C2CC2)c2ccc(C(=O)N=[N+]=[N-])cc12.CC(=O)c1cn(CC(=O)N(CC(=O)NCc2cccc(Cl)c2F)C2CC2)c2ccc(NC(=O)N3CCCC(F)(F)C3)cc12.CC(=O)c1nn(CC(=O)N(CC(=O)NCc2cccc(Cl)c2F)C2CC2)c2ccccc12.Cl.FC1(F)CCCNC1.O=C=O. The number of amides is 9. The first-order valence-electron chi connectivity index (χ1n) is 38.9. The molecule has 40 heteroatoms. The average molecular weight is 1830 g/mol. The molecule has 5 fully saturated rings. The zero-order valence-electron chi connectivity index (χ0n) is 67.0. The fraction of sp³-hybridized carbons (Fsp3) is 0.384. The minimum atomic E-state index is -2.94. The van der Waals surface area contributed by atoms with Gasteiger partial charge in [-0.05, 0) is 143 Å². The number of azide groups is 1. The second-order valence-corrected chi connectivity index (χ2v) is 31.0. The quantitative estimate of drug-likeness (QED) is 0.0111. The van der Waals surface area contributed by atoms with Crippen LogP contribution in [0.4, 0.5) is 41.2 Å². The molecule has 9 amide bonds. The van der Waals surface area contributed by atoms with Crippen LogP contribution >= 0.6 is 47.2 Å². The predicted octanol–water partition coefficient (Wildman–Crippen LogP) is 15.1. The zero-order valence-corrected chi connectivity index (χ0v) is 70.1. The number of likely N-dealkylation sites (tertiary alicyclic amines) is 1. The molecule has 3 aliphatic carbocycles. The molecule has 5 N–H and O–H groups in total. The molecule has 5 aliphatic rings. The lowest BCUT2D eigenvalue weighted by Gasteiger charge is -2.32. The number of para-hydroxylation sites is 1. The number of anilines is 1. The number of urea groups is 1. The first kappa shape index (κ1) is 101. The Morgan fingerprint density at radius 2 is 0.984 bits per heavy atom. The molecule has 126 heavy (non-hydrogen) atoms. The van der Waals surface area contributed by atoms with Gasteiger partial charge in [0.2, 0.25) is 41.4 Å². The fourth-order valence-electron chi connectivity index (χ4n) is 13.8. The maximum atomic E-state index is 14.2. The Morgan fingerprint density at radius 3 is 1.38 bits per heavy atom. The maximum absolute atomic E-state index is 14.2. The van der Waals surface area contributed by atoms with Gasteiger partial charge in [0.1, 0.15) is 42.8 Å². The number of alkyl halides is 4. The van der Waals surface area contributed by atoms with Crippen molar-refractivity contribution in [1.29, 1.82) is 0 Å². The number of carbonyl (C=O) groups excluding carboxylic acids is 13. The van der Waals surface area contributed by atoms with Crippen molar-refractivity contribution in [1.82, 2.24) is 59.8 Å². The Labute approximate surface area is 740 Å². The van der Waals surface area contributed by atoms with E-state index in [1.54, 1.807) is 76.0 Å². The summed E-state index contributed by atoms with van der Waals surface area (Å²) in [5, 5.41) is 22.1. The Kier molecular flexibility index (Phi) is 36.7. The summed E-state index contributed by atoms with van der Waals surface area (Å²) in [6.07, 6.45) is 8.59. The monoisotopic (exact) mass is 1830 g/mol. The largest absolute Gasteiger partial charge is 0.373 e. The van der Waals surface area contributed by atoms with E-state index in [0.29, 0.717) is 61.6 Å². The Bertz CT molecular complexity index is 5620. The highest BCUT2D eigenvalue weighted by Gasteiger charge is 2.40. The minimum absolute atomic E-state index is 0. The summed E-state index contributed by atoms with van der Waals surface area (Å²) in [5.74, 6) is -10.9. The molecule has 14 rings (SSSR count). The summed E-state index contributed by atoms with van der Waals surface area (Å²) in [4.78, 5) is 163. The van der Waals surface area contributed by atoms with E-state index < -0.39 is 59.6 Å². The van der Waals surface area contributed by atoms with Gasteiger partial charge in [-0.25, -0.2) is 35.5 Å². The number of halogens is 11. The first-order chi connectivity index (χ1) is 58.6. The number of nitrogens with one attached hydrogen (secondary N) is 5. The van der Waals surface area contributed by atoms with Crippen LogP contribution < -0.4 is 26.6 Å². The van der Waals surface area contributed by atoms with E-state index in [2.05, 4.69) is 41.7 Å². The van der Waals surface area contributed by atoms with Gasteiger partial charge in [0.15, 0.2) is 17.3 Å². The molecular weight excluding hydrogens is 1740 g/mol. The van der Waals surface area contributed by atoms with Crippen LogP contribution in [-0.2, 0) is 77.6 Å². The number of benzene rings is 6. The Morgan fingerprint density at radius 1 is 0.556 bits per heavy atom. The summed E-state index contributed by atoms with van der Waals surface area (Å²) >= 11 is 17.4. The van der Waals surface area contributed by atoms with Crippen molar-refractivity contribution in [2.24, 2.45) is 5.11 Å². The van der Waals surface area contributed by atoms with Gasteiger partial charge in [-0.2, -0.15) is 14.7 Å². The van der Waals surface area contributed by atoms with Gasteiger partial charge >= 0.3 is 12.2 Å². The molecule has 29 nitrogen and oxygen atoms in total. The van der Waals surface area contributed by atoms with E-state index in [-0.39, 0.29) is 221 Å². The maximum Gasteiger partial charge on any atom is 0.373 e. The highest BCUT2D eigenvalue weighted by atomic mass is 35.5. The number of ketones is 3. The number of hydrogen-bond donors (Lipinski definition) is 5. The molecular formula is C86H93Cl4F7N16O13. The van der Waals surface area contributed by atoms with Crippen LogP contribution in [0.25, 0.3) is 43.2 Å². The van der Waals surface area contributed by atoms with Gasteiger partial charge < -0.3 is 55.3 Å². The normalized spacial score (nSPS) is 14.4. The average Bonchev–Trinajstić information content (AvgIpc) is 1.63. The standard InChI is InChI=1S/C30H31ClF3N5O4.C25H22ClFN6O4.C23H22ClFN4O3.C5H9F2N.CO2.2CH4.ClH/c1-18(40)23-14-38(25-9-6-20(12-22(23)25)36-29(43)37-11-3-10-30(33,34)17-37)16-27(42)39(21-7-8-21)15-26(41)35-13-19-4-2-5-24(31)28(19)32;1-14(34)19-11-32(21-8-5-15(9-18(19)21)25(37)30-31-28)13-23(36)33(17-6-7-17)12-22(35)29-10-16-3-2-4-20(26)24(16)27;1-14(30)23-17-6-2-3-8-19(17)29(27-23)13-21(32)28(16-9-10-16)12-20(31)26-11-15-5-4-7-18(24)22(15)25;6-5(7)2-1-3-8-4-5;2-1-3;;;/h2,4-6,9,12,14,21H,3,7-8,10-11,13,15-17H2,1H3,(H,35,41)(H,36,43);2-5,8-9,11,17H,6-7,10,12-13H2,1H3,(H,29,35);2-8,16H,9-13H2,1H3,(H,26,31);8H,1-4H2;;2*1H4;1H. The Balaban J connectivity index is 0.000000243. The van der Waals surface area contributed by atoms with Gasteiger partial charge in [-0.3, -0.25) is 52.6 Å². The highest BCUT2D eigenvalue weighted by molar-refractivity contribution is 6.31. The van der Waals surface area contributed by atoms with E-state index in [0.717, 1.165) is 50.0 Å². The van der Waals surface area contributed by atoms with Crippen molar-refractivity contribution in [2.75, 3.05) is 51.1 Å². The molecule has 0 bridgehead atoms. The van der Waals surface area contributed by atoms with Crippen LogP contribution in [0, 0.1) is 17.5 Å². The number of carbonyl (C=O) groups is 11. The van der Waals surface area contributed by atoms with Crippen LogP contribution in [0.5, 0.6) is 0 Å². The number of Topliss-reactive ketones (excluding diaryl/α,β-unsaturated/α-hetero) is 3. The minimum Gasteiger partial charge on any atom is -0.350 e. The number of rotatable bonds is 26. The van der Waals surface area contributed by atoms with Crippen molar-refractivity contribution in [3.8, 4) is 0 Å². The molecule has 0 unspecified atom stereocenters. The van der Waals surface area contributed by atoms with Crippen molar-refractivity contribution in [2.45, 2.75) is 169 Å². The van der Waals surface area contributed by atoms with Crippen molar-refractivity contribution in [3.63, 3.8) is 0 Å². The molecule has 3 saturated carbocycles. The van der Waals surface area contributed by atoms with E-state index in [4.69, 9.17) is 49.9 Å². The molecule has 2 aliphatic heterocycles.